The number of hydrogen-bond donors (Lipinski definition) is 2. The van der Waals surface area contributed by atoms with Gasteiger partial charge in [-0.05, 0) is 36.8 Å². The minimum atomic E-state index is 0.142. The molecular weight excluding hydrogens is 276 g/mol. The third-order valence-corrected chi connectivity index (χ3v) is 3.32. The lowest BCUT2D eigenvalue weighted by Crippen LogP contribution is -2.30. The van der Waals surface area contributed by atoms with E-state index in [9.17, 15) is 0 Å². The Bertz CT molecular complexity index is 557. The molecule has 0 amide bonds. The Morgan fingerprint density at radius 3 is 2.37 bits per heavy atom. The third kappa shape index (κ3) is 3.94. The first-order valence-corrected chi connectivity index (χ1v) is 6.82. The Morgan fingerprint density at radius 2 is 1.68 bits per heavy atom. The third-order valence-electron chi connectivity index (χ3n) is 2.77. The van der Waals surface area contributed by atoms with Gasteiger partial charge in [0.2, 0.25) is 0 Å². The lowest BCUT2D eigenvalue weighted by atomic mass is 10.1. The molecule has 2 N–H and O–H groups in total. The number of halogens is 1. The van der Waals surface area contributed by atoms with E-state index >= 15 is 0 Å². The van der Waals surface area contributed by atoms with Crippen LogP contribution in [0.1, 0.15) is 18.5 Å². The highest BCUT2D eigenvalue weighted by Crippen LogP contribution is 2.20. The molecule has 2 aromatic carbocycles. The Kier molecular flexibility index (Phi) is 4.77. The molecule has 2 nitrogen and oxygen atoms in total. The van der Waals surface area contributed by atoms with Crippen LogP contribution in [0.25, 0.3) is 0 Å². The van der Waals surface area contributed by atoms with Gasteiger partial charge in [-0.3, -0.25) is 0 Å². The van der Waals surface area contributed by atoms with Crippen LogP contribution in [0.2, 0.25) is 5.02 Å². The second kappa shape index (κ2) is 6.55. The normalized spacial score (nSPS) is 11.7. The molecular formula is C15H15ClN2S. The monoisotopic (exact) mass is 290 g/mol. The molecule has 0 spiro atoms. The maximum absolute atomic E-state index is 6.07. The van der Waals surface area contributed by atoms with Crippen LogP contribution in [0.5, 0.6) is 0 Å². The maximum Gasteiger partial charge on any atom is 0.171 e. The van der Waals surface area contributed by atoms with Crippen LogP contribution < -0.4 is 10.6 Å². The van der Waals surface area contributed by atoms with Crippen molar-refractivity contribution in [2.75, 3.05) is 5.32 Å². The van der Waals surface area contributed by atoms with Crippen LogP contribution in [0, 0.1) is 0 Å². The van der Waals surface area contributed by atoms with Gasteiger partial charge < -0.3 is 10.6 Å². The van der Waals surface area contributed by atoms with Crippen LogP contribution in [0.4, 0.5) is 5.69 Å². The zero-order chi connectivity index (χ0) is 13.7. The molecule has 0 fully saturated rings. The van der Waals surface area contributed by atoms with Crippen LogP contribution in [0.15, 0.2) is 54.6 Å². The number of para-hydroxylation sites is 1. The zero-order valence-corrected chi connectivity index (χ0v) is 12.1. The molecule has 0 bridgehead atoms. The molecule has 19 heavy (non-hydrogen) atoms. The van der Waals surface area contributed by atoms with E-state index in [0.717, 1.165) is 5.69 Å². The molecule has 0 aromatic heterocycles. The van der Waals surface area contributed by atoms with E-state index < -0.39 is 0 Å². The first kappa shape index (κ1) is 13.8. The lowest BCUT2D eigenvalue weighted by molar-refractivity contribution is 0.722. The Labute approximate surface area is 123 Å². The molecule has 0 unspecified atom stereocenters. The molecule has 4 heteroatoms. The van der Waals surface area contributed by atoms with E-state index in [1.165, 1.54) is 5.56 Å². The molecule has 2 aromatic rings. The van der Waals surface area contributed by atoms with Gasteiger partial charge in [0.25, 0.3) is 0 Å². The summed E-state index contributed by atoms with van der Waals surface area (Å²) in [5, 5.41) is 7.54. The molecule has 0 saturated carbocycles. The molecule has 0 radical (unpaired) electrons. The Hall–Kier alpha value is -1.58. The highest BCUT2D eigenvalue weighted by atomic mass is 35.5. The van der Waals surface area contributed by atoms with Crippen LogP contribution >= 0.6 is 23.8 Å². The Morgan fingerprint density at radius 1 is 1.05 bits per heavy atom. The van der Waals surface area contributed by atoms with Gasteiger partial charge in [-0.15, -0.1) is 0 Å². The van der Waals surface area contributed by atoms with Crippen LogP contribution in [-0.2, 0) is 0 Å². The van der Waals surface area contributed by atoms with Gasteiger partial charge in [0.05, 0.1) is 16.8 Å². The van der Waals surface area contributed by atoms with Crippen molar-refractivity contribution in [3.63, 3.8) is 0 Å². The summed E-state index contributed by atoms with van der Waals surface area (Å²) in [4.78, 5) is 0. The largest absolute Gasteiger partial charge is 0.356 e. The SMILES string of the molecule is C[C@@H](NC(=S)Nc1ccccc1Cl)c1ccccc1. The molecule has 0 aliphatic heterocycles. The van der Waals surface area contributed by atoms with Crippen molar-refractivity contribution in [2.45, 2.75) is 13.0 Å². The molecule has 0 aliphatic rings. The molecule has 2 rings (SSSR count). The number of anilines is 1. The number of hydrogen-bond acceptors (Lipinski definition) is 1. The number of nitrogens with one attached hydrogen (secondary N) is 2. The fraction of sp³-hybridized carbons (Fsp3) is 0.133. The van der Waals surface area contributed by atoms with Gasteiger partial charge in [0.1, 0.15) is 0 Å². The van der Waals surface area contributed by atoms with E-state index in [1.54, 1.807) is 0 Å². The van der Waals surface area contributed by atoms with Gasteiger partial charge in [0.15, 0.2) is 5.11 Å². The summed E-state index contributed by atoms with van der Waals surface area (Å²) < 4.78 is 0. The van der Waals surface area contributed by atoms with Crippen LogP contribution in [-0.4, -0.2) is 5.11 Å². The predicted molar refractivity (Wildman–Crippen MR) is 85.7 cm³/mol. The second-order valence-corrected chi connectivity index (χ2v) is 5.03. The molecule has 0 saturated heterocycles. The van der Waals surface area contributed by atoms with Gasteiger partial charge in [-0.2, -0.15) is 0 Å². The predicted octanol–water partition coefficient (Wildman–Crippen LogP) is 4.39. The summed E-state index contributed by atoms with van der Waals surface area (Å²) in [5.74, 6) is 0. The van der Waals surface area contributed by atoms with Crippen molar-refractivity contribution in [3.05, 3.63) is 65.2 Å². The average molecular weight is 291 g/mol. The molecule has 1 atom stereocenters. The van der Waals surface area contributed by atoms with Crippen molar-refractivity contribution in [3.8, 4) is 0 Å². The standard InChI is InChI=1S/C15H15ClN2S/c1-11(12-7-3-2-4-8-12)17-15(19)18-14-10-6-5-9-13(14)16/h2-11H,1H3,(H2,17,18,19)/t11-/m1/s1. The second-order valence-electron chi connectivity index (χ2n) is 4.21. The molecule has 98 valence electrons. The number of rotatable bonds is 3. The van der Waals surface area contributed by atoms with Gasteiger partial charge in [0, 0.05) is 0 Å². The average Bonchev–Trinajstić information content (AvgIpc) is 2.42. The fourth-order valence-electron chi connectivity index (χ4n) is 1.74. The number of thiocarbonyl (C=S) groups is 1. The van der Waals surface area contributed by atoms with Crippen molar-refractivity contribution in [2.24, 2.45) is 0 Å². The summed E-state index contributed by atoms with van der Waals surface area (Å²) in [6.45, 7) is 2.07. The lowest BCUT2D eigenvalue weighted by Gasteiger charge is -2.17. The first-order chi connectivity index (χ1) is 9.16. The topological polar surface area (TPSA) is 24.1 Å². The summed E-state index contributed by atoms with van der Waals surface area (Å²) in [7, 11) is 0. The zero-order valence-electron chi connectivity index (χ0n) is 10.6. The van der Waals surface area contributed by atoms with Gasteiger partial charge in [-0.25, -0.2) is 0 Å². The quantitative estimate of drug-likeness (QED) is 0.820. The van der Waals surface area contributed by atoms with Crippen LogP contribution in [0.3, 0.4) is 0 Å². The molecule has 0 aliphatic carbocycles. The van der Waals surface area contributed by atoms with E-state index in [-0.39, 0.29) is 6.04 Å². The highest BCUT2D eigenvalue weighted by molar-refractivity contribution is 7.80. The summed E-state index contributed by atoms with van der Waals surface area (Å²) in [5.41, 5.74) is 1.99. The Balaban J connectivity index is 1.97. The highest BCUT2D eigenvalue weighted by Gasteiger charge is 2.07. The van der Waals surface area contributed by atoms with E-state index in [4.69, 9.17) is 23.8 Å². The summed E-state index contributed by atoms with van der Waals surface area (Å²) in [6.07, 6.45) is 0. The number of benzene rings is 2. The van der Waals surface area contributed by atoms with E-state index in [1.807, 2.05) is 42.5 Å². The van der Waals surface area contributed by atoms with Crippen molar-refractivity contribution in [1.82, 2.24) is 5.32 Å². The van der Waals surface area contributed by atoms with Crippen molar-refractivity contribution in [1.29, 1.82) is 0 Å². The van der Waals surface area contributed by atoms with Gasteiger partial charge >= 0.3 is 0 Å². The van der Waals surface area contributed by atoms with Crippen molar-refractivity contribution >= 4 is 34.6 Å². The fourth-order valence-corrected chi connectivity index (χ4v) is 2.21. The molecule has 0 heterocycles. The van der Waals surface area contributed by atoms with Gasteiger partial charge in [-0.1, -0.05) is 54.1 Å². The van der Waals surface area contributed by atoms with Crippen molar-refractivity contribution < 1.29 is 0 Å². The van der Waals surface area contributed by atoms with E-state index in [2.05, 4.69) is 29.7 Å². The first-order valence-electron chi connectivity index (χ1n) is 6.04. The maximum atomic E-state index is 6.07. The minimum Gasteiger partial charge on any atom is -0.356 e. The summed E-state index contributed by atoms with van der Waals surface area (Å²) >= 11 is 11.4. The van der Waals surface area contributed by atoms with E-state index in [0.29, 0.717) is 10.1 Å². The minimum absolute atomic E-state index is 0.142. The smallest absolute Gasteiger partial charge is 0.171 e. The summed E-state index contributed by atoms with van der Waals surface area (Å²) in [6, 6.07) is 17.8.